The second-order valence-electron chi connectivity index (χ2n) is 7.40. The molecule has 0 spiro atoms. The Hall–Kier alpha value is -2.17. The summed E-state index contributed by atoms with van der Waals surface area (Å²) in [5, 5.41) is 22.0. The van der Waals surface area contributed by atoms with Gasteiger partial charge in [0.25, 0.3) is 5.69 Å². The van der Waals surface area contributed by atoms with Crippen LogP contribution in [0, 0.1) is 24.0 Å². The van der Waals surface area contributed by atoms with Gasteiger partial charge in [0, 0.05) is 44.5 Å². The highest BCUT2D eigenvalue weighted by molar-refractivity contribution is 14.0. The number of benzene rings is 1. The Labute approximate surface area is 195 Å². The van der Waals surface area contributed by atoms with Crippen molar-refractivity contribution in [2.45, 2.75) is 52.5 Å². The van der Waals surface area contributed by atoms with E-state index in [9.17, 15) is 10.1 Å². The third-order valence-electron chi connectivity index (χ3n) is 5.11. The van der Waals surface area contributed by atoms with Crippen molar-refractivity contribution in [1.82, 2.24) is 20.4 Å². The fourth-order valence-electron chi connectivity index (χ4n) is 3.34. The van der Waals surface area contributed by atoms with E-state index >= 15 is 0 Å². The van der Waals surface area contributed by atoms with E-state index in [-0.39, 0.29) is 40.6 Å². The molecule has 0 fully saturated rings. The summed E-state index contributed by atoms with van der Waals surface area (Å²) in [6.45, 7) is 7.12. The predicted molar refractivity (Wildman–Crippen MR) is 132 cm³/mol. The molecule has 2 N–H and O–H groups in total. The van der Waals surface area contributed by atoms with Crippen molar-refractivity contribution in [2.75, 3.05) is 13.6 Å². The molecule has 1 aromatic heterocycles. The third-order valence-corrected chi connectivity index (χ3v) is 5.11. The second-order valence-corrected chi connectivity index (χ2v) is 7.40. The van der Waals surface area contributed by atoms with Gasteiger partial charge < -0.3 is 10.6 Å². The van der Waals surface area contributed by atoms with Crippen molar-refractivity contribution in [3.63, 3.8) is 0 Å². The maximum absolute atomic E-state index is 10.7. The largest absolute Gasteiger partial charge is 0.356 e. The number of nitro groups is 1. The molecule has 1 unspecified atom stereocenters. The van der Waals surface area contributed by atoms with E-state index in [2.05, 4.69) is 34.6 Å². The van der Waals surface area contributed by atoms with Crippen LogP contribution in [0.15, 0.2) is 29.3 Å². The van der Waals surface area contributed by atoms with Crippen LogP contribution in [-0.2, 0) is 19.9 Å². The van der Waals surface area contributed by atoms with Crippen molar-refractivity contribution in [1.29, 1.82) is 0 Å². The number of hydrogen-bond donors (Lipinski definition) is 2. The molecule has 0 saturated heterocycles. The Bertz CT molecular complexity index is 848. The number of non-ortho nitro benzene ring substituents is 1. The summed E-state index contributed by atoms with van der Waals surface area (Å²) >= 11 is 0. The highest BCUT2D eigenvalue weighted by atomic mass is 127. The van der Waals surface area contributed by atoms with Gasteiger partial charge in [0.1, 0.15) is 0 Å². The van der Waals surface area contributed by atoms with Crippen molar-refractivity contribution in [2.24, 2.45) is 12.0 Å². The zero-order valence-electron chi connectivity index (χ0n) is 18.4. The molecule has 0 radical (unpaired) electrons. The number of guanidine groups is 1. The van der Waals surface area contributed by atoms with Gasteiger partial charge >= 0.3 is 0 Å². The van der Waals surface area contributed by atoms with Gasteiger partial charge in [-0.25, -0.2) is 0 Å². The highest BCUT2D eigenvalue weighted by Crippen LogP contribution is 2.14. The van der Waals surface area contributed by atoms with Crippen LogP contribution < -0.4 is 10.6 Å². The lowest BCUT2D eigenvalue weighted by molar-refractivity contribution is -0.384. The minimum atomic E-state index is -0.371. The zero-order chi connectivity index (χ0) is 21.4. The summed E-state index contributed by atoms with van der Waals surface area (Å²) in [7, 11) is 3.75. The molecule has 9 heteroatoms. The van der Waals surface area contributed by atoms with Gasteiger partial charge in [-0.2, -0.15) is 5.10 Å². The van der Waals surface area contributed by atoms with Gasteiger partial charge in [0.2, 0.25) is 0 Å². The average molecular weight is 528 g/mol. The molecule has 0 amide bonds. The lowest BCUT2D eigenvalue weighted by Crippen LogP contribution is -2.43. The summed E-state index contributed by atoms with van der Waals surface area (Å²) in [6.07, 6.45) is 3.80. The topological polar surface area (TPSA) is 97.4 Å². The molecular formula is C21H33IN6O2. The van der Waals surface area contributed by atoms with Crippen LogP contribution in [0.5, 0.6) is 0 Å². The quantitative estimate of drug-likeness (QED) is 0.129. The molecular weight excluding hydrogens is 495 g/mol. The molecule has 0 aliphatic carbocycles. The number of nitrogens with zero attached hydrogens (tertiary/aromatic N) is 4. The third kappa shape index (κ3) is 7.58. The number of nitrogens with one attached hydrogen (secondary N) is 2. The summed E-state index contributed by atoms with van der Waals surface area (Å²) in [5.74, 6) is 0.798. The maximum atomic E-state index is 10.7. The second kappa shape index (κ2) is 12.5. The van der Waals surface area contributed by atoms with Gasteiger partial charge in [-0.05, 0) is 57.6 Å². The first-order valence-corrected chi connectivity index (χ1v) is 10.0. The van der Waals surface area contributed by atoms with E-state index in [1.54, 1.807) is 19.2 Å². The standard InChI is InChI=1S/C21H32N6O2.HI/c1-15(14-20-16(2)25-26(5)17(20)3)24-21(22-4)23-13-7-6-8-18-9-11-19(12-10-18)27(28)29;/h9-12,15H,6-8,13-14H2,1-5H3,(H2,22,23,24);1H. The van der Waals surface area contributed by atoms with Crippen molar-refractivity contribution in [3.05, 3.63) is 56.9 Å². The minimum Gasteiger partial charge on any atom is -0.356 e. The van der Waals surface area contributed by atoms with E-state index < -0.39 is 0 Å². The van der Waals surface area contributed by atoms with E-state index in [0.717, 1.165) is 49.4 Å². The van der Waals surface area contributed by atoms with Crippen molar-refractivity contribution >= 4 is 35.6 Å². The predicted octanol–water partition coefficient (Wildman–Crippen LogP) is 3.68. The number of rotatable bonds is 9. The van der Waals surface area contributed by atoms with Gasteiger partial charge in [-0.15, -0.1) is 24.0 Å². The number of halogens is 1. The zero-order valence-corrected chi connectivity index (χ0v) is 20.8. The van der Waals surface area contributed by atoms with E-state index in [1.165, 1.54) is 11.3 Å². The maximum Gasteiger partial charge on any atom is 0.269 e. The Kier molecular flexibility index (Phi) is 10.8. The normalized spacial score (nSPS) is 12.2. The highest BCUT2D eigenvalue weighted by Gasteiger charge is 2.14. The Morgan fingerprint density at radius 1 is 1.27 bits per heavy atom. The number of nitro benzene ring substituents is 1. The summed E-state index contributed by atoms with van der Waals surface area (Å²) in [6, 6.07) is 7.02. The van der Waals surface area contributed by atoms with Crippen molar-refractivity contribution < 1.29 is 4.92 Å². The molecule has 0 saturated carbocycles. The molecule has 1 aromatic carbocycles. The lowest BCUT2D eigenvalue weighted by Gasteiger charge is -2.18. The first-order chi connectivity index (χ1) is 13.8. The molecule has 2 rings (SSSR count). The molecule has 166 valence electrons. The number of unbranched alkanes of at least 4 members (excludes halogenated alkanes) is 1. The fourth-order valence-corrected chi connectivity index (χ4v) is 3.34. The van der Waals surface area contributed by atoms with Crippen LogP contribution in [0.4, 0.5) is 5.69 Å². The van der Waals surface area contributed by atoms with Gasteiger partial charge in [0.15, 0.2) is 5.96 Å². The summed E-state index contributed by atoms with van der Waals surface area (Å²) in [4.78, 5) is 14.6. The smallest absolute Gasteiger partial charge is 0.269 e. The van der Waals surface area contributed by atoms with Crippen LogP contribution in [0.1, 0.15) is 42.3 Å². The molecule has 2 aromatic rings. The fraction of sp³-hybridized carbons (Fsp3) is 0.524. The number of hydrogen-bond acceptors (Lipinski definition) is 4. The molecule has 1 heterocycles. The van der Waals surface area contributed by atoms with Crippen LogP contribution >= 0.6 is 24.0 Å². The average Bonchev–Trinajstić information content (AvgIpc) is 2.93. The summed E-state index contributed by atoms with van der Waals surface area (Å²) in [5.41, 5.74) is 4.81. The van der Waals surface area contributed by atoms with Crippen LogP contribution in [0.3, 0.4) is 0 Å². The molecule has 0 aliphatic heterocycles. The van der Waals surface area contributed by atoms with E-state index in [0.29, 0.717) is 0 Å². The minimum absolute atomic E-state index is 0. The summed E-state index contributed by atoms with van der Waals surface area (Å²) < 4.78 is 1.93. The number of aromatic nitrogens is 2. The van der Waals surface area contributed by atoms with Gasteiger partial charge in [-0.3, -0.25) is 19.8 Å². The van der Waals surface area contributed by atoms with E-state index in [4.69, 9.17) is 0 Å². The Morgan fingerprint density at radius 2 is 1.93 bits per heavy atom. The van der Waals surface area contributed by atoms with Crippen LogP contribution in [0.2, 0.25) is 0 Å². The van der Waals surface area contributed by atoms with Crippen LogP contribution in [0.25, 0.3) is 0 Å². The van der Waals surface area contributed by atoms with Gasteiger partial charge in [0.05, 0.1) is 10.6 Å². The number of aryl methyl sites for hydroxylation is 3. The molecule has 0 bridgehead atoms. The molecule has 0 aliphatic rings. The van der Waals surface area contributed by atoms with Crippen LogP contribution in [-0.4, -0.2) is 40.3 Å². The molecule has 30 heavy (non-hydrogen) atoms. The van der Waals surface area contributed by atoms with E-state index in [1.807, 2.05) is 30.8 Å². The Morgan fingerprint density at radius 3 is 2.47 bits per heavy atom. The molecule has 1 atom stereocenters. The Balaban J connectivity index is 0.00000450. The van der Waals surface area contributed by atoms with Gasteiger partial charge in [-0.1, -0.05) is 12.1 Å². The lowest BCUT2D eigenvalue weighted by atomic mass is 10.1. The SMILES string of the molecule is CN=C(NCCCCc1ccc([N+](=O)[O-])cc1)NC(C)Cc1c(C)nn(C)c1C.I. The first kappa shape index (κ1) is 25.9. The first-order valence-electron chi connectivity index (χ1n) is 10.0. The monoisotopic (exact) mass is 528 g/mol. The number of aliphatic imine (C=N–C) groups is 1. The van der Waals surface area contributed by atoms with Crippen molar-refractivity contribution in [3.8, 4) is 0 Å². The molecule has 8 nitrogen and oxygen atoms in total.